The van der Waals surface area contributed by atoms with Gasteiger partial charge in [-0.05, 0) is 53.6 Å². The van der Waals surface area contributed by atoms with Gasteiger partial charge in [0.1, 0.15) is 0 Å². The summed E-state index contributed by atoms with van der Waals surface area (Å²) in [4.78, 5) is 12.8. The van der Waals surface area contributed by atoms with E-state index < -0.39 is 0 Å². The second-order valence-corrected chi connectivity index (χ2v) is 8.11. The highest BCUT2D eigenvalue weighted by Crippen LogP contribution is 2.25. The highest BCUT2D eigenvalue weighted by molar-refractivity contribution is 14.1. The molecule has 19 heavy (non-hydrogen) atoms. The summed E-state index contributed by atoms with van der Waals surface area (Å²) in [6.45, 7) is 0. The number of hydrogen-bond donors (Lipinski definition) is 1. The molecule has 0 heterocycles. The summed E-state index contributed by atoms with van der Waals surface area (Å²) in [5.74, 6) is 0.0297. The highest BCUT2D eigenvalue weighted by Gasteiger charge is 2.24. The van der Waals surface area contributed by atoms with E-state index in [0.29, 0.717) is 4.83 Å². The first kappa shape index (κ1) is 15.8. The molecule has 0 radical (unpaired) electrons. The molecule has 2 atom stereocenters. The van der Waals surface area contributed by atoms with Crippen LogP contribution in [0.5, 0.6) is 0 Å². The molecule has 1 N–H and O–H groups in total. The van der Waals surface area contributed by atoms with Crippen LogP contribution in [0.2, 0.25) is 0 Å². The molecule has 1 fully saturated rings. The predicted molar refractivity (Wildman–Crippen MR) is 93.9 cm³/mol. The number of alkyl halides is 1. The maximum absolute atomic E-state index is 12.4. The fraction of sp³-hybridized carbons (Fsp3) is 0.500. The smallest absolute Gasteiger partial charge is 0.252 e. The second kappa shape index (κ2) is 7.41. The number of carbonyl (C=O) groups excluding carboxylic acids is 1. The van der Waals surface area contributed by atoms with Gasteiger partial charge in [-0.1, -0.05) is 51.1 Å². The summed E-state index contributed by atoms with van der Waals surface area (Å²) in [5, 5.41) is 3.18. The molecule has 2 rings (SSSR count). The molecule has 0 saturated heterocycles. The number of hydrogen-bond acceptors (Lipinski definition) is 1. The van der Waals surface area contributed by atoms with Crippen molar-refractivity contribution in [1.29, 1.82) is 0 Å². The quantitative estimate of drug-likeness (QED) is 0.350. The van der Waals surface area contributed by atoms with Gasteiger partial charge in [0, 0.05) is 18.9 Å². The first-order valence-corrected chi connectivity index (χ1v) is 9.26. The van der Waals surface area contributed by atoms with Crippen LogP contribution in [0.4, 0.5) is 0 Å². The summed E-state index contributed by atoms with van der Waals surface area (Å²) in [6.07, 6.45) is 5.91. The molecule has 2 nitrogen and oxygen atoms in total. The van der Waals surface area contributed by atoms with Crippen molar-refractivity contribution in [2.45, 2.75) is 43.0 Å². The molecule has 0 aromatic heterocycles. The van der Waals surface area contributed by atoms with E-state index in [4.69, 9.17) is 0 Å². The Morgan fingerprint density at radius 3 is 2.79 bits per heavy atom. The van der Waals surface area contributed by atoms with Crippen molar-refractivity contribution in [3.05, 3.63) is 31.8 Å². The maximum Gasteiger partial charge on any atom is 0.252 e. The normalized spacial score (nSPS) is 23.7. The third-order valence-corrected chi connectivity index (χ3v) is 5.95. The lowest BCUT2D eigenvalue weighted by Gasteiger charge is -2.21. The van der Waals surface area contributed by atoms with Crippen LogP contribution in [-0.4, -0.2) is 16.8 Å². The monoisotopic (exact) mass is 499 g/mol. The number of halogens is 3. The van der Waals surface area contributed by atoms with Crippen LogP contribution in [0.25, 0.3) is 0 Å². The summed E-state index contributed by atoms with van der Waals surface area (Å²) >= 11 is 9.34. The third-order valence-electron chi connectivity index (χ3n) is 3.42. The van der Waals surface area contributed by atoms with Crippen LogP contribution in [-0.2, 0) is 0 Å². The first-order valence-electron chi connectivity index (χ1n) is 6.48. The molecule has 2 unspecified atom stereocenters. The number of nitrogens with one attached hydrogen (secondary N) is 1. The molecule has 1 aromatic rings. The lowest BCUT2D eigenvalue weighted by atomic mass is 10.1. The second-order valence-electron chi connectivity index (χ2n) is 4.86. The van der Waals surface area contributed by atoms with E-state index in [0.717, 1.165) is 26.4 Å². The zero-order chi connectivity index (χ0) is 13.8. The van der Waals surface area contributed by atoms with Crippen molar-refractivity contribution in [2.24, 2.45) is 0 Å². The molecular formula is C14H16Br2INO. The summed E-state index contributed by atoms with van der Waals surface area (Å²) in [5.41, 5.74) is 0.749. The Morgan fingerprint density at radius 2 is 2.00 bits per heavy atom. The minimum atomic E-state index is 0.0297. The van der Waals surface area contributed by atoms with Crippen molar-refractivity contribution < 1.29 is 4.79 Å². The van der Waals surface area contributed by atoms with Gasteiger partial charge < -0.3 is 5.32 Å². The Kier molecular flexibility index (Phi) is 6.14. The predicted octanol–water partition coefficient (Wildman–Crippen LogP) is 4.88. The first-order chi connectivity index (χ1) is 9.08. The number of amides is 1. The summed E-state index contributed by atoms with van der Waals surface area (Å²) < 4.78 is 1.92. The summed E-state index contributed by atoms with van der Waals surface area (Å²) in [6, 6.07) is 6.04. The summed E-state index contributed by atoms with van der Waals surface area (Å²) in [7, 11) is 0. The SMILES string of the molecule is O=C(NC1CCCCCC1Br)c1cc(Br)ccc1I. The average Bonchev–Trinajstić information content (AvgIpc) is 2.58. The Morgan fingerprint density at radius 1 is 1.26 bits per heavy atom. The van der Waals surface area contributed by atoms with Gasteiger partial charge in [-0.3, -0.25) is 4.79 Å². The maximum atomic E-state index is 12.4. The van der Waals surface area contributed by atoms with Crippen LogP contribution in [0, 0.1) is 3.57 Å². The van der Waals surface area contributed by atoms with E-state index >= 15 is 0 Å². The molecule has 5 heteroatoms. The van der Waals surface area contributed by atoms with Gasteiger partial charge in [0.25, 0.3) is 5.91 Å². The zero-order valence-corrected chi connectivity index (χ0v) is 15.8. The van der Waals surface area contributed by atoms with Gasteiger partial charge in [0.2, 0.25) is 0 Å². The average molecular weight is 501 g/mol. The number of rotatable bonds is 2. The number of benzene rings is 1. The largest absolute Gasteiger partial charge is 0.348 e. The number of carbonyl (C=O) groups is 1. The third kappa shape index (κ3) is 4.43. The van der Waals surface area contributed by atoms with Crippen molar-refractivity contribution in [2.75, 3.05) is 0 Å². The van der Waals surface area contributed by atoms with E-state index in [9.17, 15) is 4.79 Å². The van der Waals surface area contributed by atoms with Gasteiger partial charge >= 0.3 is 0 Å². The minimum Gasteiger partial charge on any atom is -0.348 e. The molecule has 1 aliphatic carbocycles. The van der Waals surface area contributed by atoms with E-state index in [1.54, 1.807) is 0 Å². The van der Waals surface area contributed by atoms with Gasteiger partial charge in [0.15, 0.2) is 0 Å². The van der Waals surface area contributed by atoms with E-state index in [-0.39, 0.29) is 11.9 Å². The van der Waals surface area contributed by atoms with Gasteiger partial charge in [-0.15, -0.1) is 0 Å². The van der Waals surface area contributed by atoms with Crippen molar-refractivity contribution in [3.63, 3.8) is 0 Å². The van der Waals surface area contributed by atoms with Gasteiger partial charge in [-0.25, -0.2) is 0 Å². The molecule has 1 saturated carbocycles. The van der Waals surface area contributed by atoms with Crippen LogP contribution in [0.1, 0.15) is 42.5 Å². The zero-order valence-electron chi connectivity index (χ0n) is 10.5. The van der Waals surface area contributed by atoms with Crippen LogP contribution >= 0.6 is 54.5 Å². The van der Waals surface area contributed by atoms with Crippen molar-refractivity contribution in [3.8, 4) is 0 Å². The molecule has 1 amide bonds. The Hall–Kier alpha value is 0.380. The highest BCUT2D eigenvalue weighted by atomic mass is 127. The van der Waals surface area contributed by atoms with Gasteiger partial charge in [-0.2, -0.15) is 0 Å². The van der Waals surface area contributed by atoms with Crippen LogP contribution in [0.3, 0.4) is 0 Å². The molecule has 0 aliphatic heterocycles. The van der Waals surface area contributed by atoms with Crippen LogP contribution < -0.4 is 5.32 Å². The van der Waals surface area contributed by atoms with E-state index in [1.807, 2.05) is 18.2 Å². The lowest BCUT2D eigenvalue weighted by Crippen LogP contribution is -2.40. The minimum absolute atomic E-state index is 0.0297. The molecule has 104 valence electrons. The Bertz CT molecular complexity index is 467. The topological polar surface area (TPSA) is 29.1 Å². The van der Waals surface area contributed by atoms with Crippen LogP contribution in [0.15, 0.2) is 22.7 Å². The van der Waals surface area contributed by atoms with E-state index in [2.05, 4.69) is 59.8 Å². The fourth-order valence-electron chi connectivity index (χ4n) is 2.34. The molecule has 1 aromatic carbocycles. The lowest BCUT2D eigenvalue weighted by molar-refractivity contribution is 0.0934. The molecule has 1 aliphatic rings. The fourth-order valence-corrected chi connectivity index (χ4v) is 4.00. The Balaban J connectivity index is 2.09. The molecule has 0 bridgehead atoms. The van der Waals surface area contributed by atoms with Gasteiger partial charge in [0.05, 0.1) is 5.56 Å². The molecule has 0 spiro atoms. The standard InChI is InChI=1S/C14H16Br2INO/c15-9-6-7-12(17)10(8-9)14(19)18-13-5-3-1-2-4-11(13)16/h6-8,11,13H,1-5H2,(H,18,19). The van der Waals surface area contributed by atoms with E-state index in [1.165, 1.54) is 19.3 Å². The van der Waals surface area contributed by atoms with Crippen molar-refractivity contribution in [1.82, 2.24) is 5.32 Å². The van der Waals surface area contributed by atoms with Crippen molar-refractivity contribution >= 4 is 60.4 Å². The molecular weight excluding hydrogens is 485 g/mol. The Labute approximate surface area is 144 Å².